The molecule has 2 nitrogen and oxygen atoms in total. The van der Waals surface area contributed by atoms with E-state index in [0.717, 1.165) is 30.6 Å². The van der Waals surface area contributed by atoms with Gasteiger partial charge < -0.3 is 10.1 Å². The largest absolute Gasteiger partial charge is 0.493 e. The van der Waals surface area contributed by atoms with Gasteiger partial charge in [-0.1, -0.05) is 19.1 Å². The van der Waals surface area contributed by atoms with Crippen LogP contribution < -0.4 is 10.1 Å². The first-order valence-corrected chi connectivity index (χ1v) is 6.72. The van der Waals surface area contributed by atoms with E-state index in [0.29, 0.717) is 6.04 Å². The molecule has 92 valence electrons. The van der Waals surface area contributed by atoms with Gasteiger partial charge in [0.15, 0.2) is 0 Å². The van der Waals surface area contributed by atoms with E-state index in [9.17, 15) is 0 Å². The summed E-state index contributed by atoms with van der Waals surface area (Å²) in [6.07, 6.45) is 3.70. The Kier molecular flexibility index (Phi) is 2.83. The number of nitrogens with one attached hydrogen (secondary N) is 1. The van der Waals surface area contributed by atoms with Crippen molar-refractivity contribution in [1.29, 1.82) is 0 Å². The smallest absolute Gasteiger partial charge is 0.122 e. The summed E-state index contributed by atoms with van der Waals surface area (Å²) in [5.41, 5.74) is 2.92. The van der Waals surface area contributed by atoms with E-state index in [1.165, 1.54) is 24.0 Å². The topological polar surface area (TPSA) is 21.3 Å². The number of rotatable bonds is 2. The molecule has 0 radical (unpaired) electrons. The Balaban J connectivity index is 1.85. The summed E-state index contributed by atoms with van der Waals surface area (Å²) in [5.74, 6) is 2.56. The van der Waals surface area contributed by atoms with Crippen LogP contribution in [0.25, 0.3) is 0 Å². The lowest BCUT2D eigenvalue weighted by Gasteiger charge is -2.21. The van der Waals surface area contributed by atoms with Crippen LogP contribution in [0.1, 0.15) is 36.8 Å². The van der Waals surface area contributed by atoms with E-state index in [1.54, 1.807) is 0 Å². The van der Waals surface area contributed by atoms with Gasteiger partial charge in [0.1, 0.15) is 5.75 Å². The van der Waals surface area contributed by atoms with Crippen LogP contribution in [-0.4, -0.2) is 19.7 Å². The van der Waals surface area contributed by atoms with Gasteiger partial charge in [-0.2, -0.15) is 0 Å². The van der Waals surface area contributed by atoms with Crippen molar-refractivity contribution >= 4 is 0 Å². The zero-order valence-electron chi connectivity index (χ0n) is 10.7. The van der Waals surface area contributed by atoms with Crippen LogP contribution in [0, 0.1) is 5.92 Å². The van der Waals surface area contributed by atoms with Gasteiger partial charge in [0.2, 0.25) is 0 Å². The van der Waals surface area contributed by atoms with Crippen molar-refractivity contribution in [2.45, 2.75) is 38.1 Å². The van der Waals surface area contributed by atoms with Crippen LogP contribution in [0.2, 0.25) is 0 Å². The van der Waals surface area contributed by atoms with E-state index >= 15 is 0 Å². The Morgan fingerprint density at radius 3 is 2.94 bits per heavy atom. The number of ether oxygens (including phenoxy) is 1. The molecule has 1 saturated carbocycles. The molecule has 1 aromatic carbocycles. The highest BCUT2D eigenvalue weighted by atomic mass is 16.5. The maximum atomic E-state index is 5.57. The molecule has 3 atom stereocenters. The molecule has 0 aromatic heterocycles. The van der Waals surface area contributed by atoms with Crippen LogP contribution in [0.5, 0.6) is 5.75 Å². The predicted octanol–water partition coefficient (Wildman–Crippen LogP) is 2.72. The molecule has 0 bridgehead atoms. The van der Waals surface area contributed by atoms with E-state index in [-0.39, 0.29) is 0 Å². The molecule has 1 N–H and O–H groups in total. The lowest BCUT2D eigenvalue weighted by atomic mass is 9.88. The Labute approximate surface area is 103 Å². The number of benzene rings is 1. The molecule has 17 heavy (non-hydrogen) atoms. The number of hydrogen-bond acceptors (Lipinski definition) is 2. The number of fused-ring (bicyclic) bond motifs is 1. The Morgan fingerprint density at radius 2 is 2.18 bits per heavy atom. The molecular weight excluding hydrogens is 210 g/mol. The molecule has 0 saturated heterocycles. The Hall–Kier alpha value is -1.02. The first kappa shape index (κ1) is 11.1. The minimum atomic E-state index is 0.685. The zero-order valence-corrected chi connectivity index (χ0v) is 10.7. The van der Waals surface area contributed by atoms with Crippen molar-refractivity contribution < 1.29 is 4.74 Å². The van der Waals surface area contributed by atoms with E-state index in [2.05, 4.69) is 37.5 Å². The molecule has 1 fully saturated rings. The fourth-order valence-electron chi connectivity index (χ4n) is 3.48. The van der Waals surface area contributed by atoms with Gasteiger partial charge in [0.05, 0.1) is 6.61 Å². The molecule has 1 aliphatic heterocycles. The third-order valence-corrected chi connectivity index (χ3v) is 4.57. The normalized spacial score (nSPS) is 31.3. The SMILES string of the molecule is CNC1CCC(c2ccc3c(c2)CCO3)C1C. The second kappa shape index (κ2) is 4.34. The maximum absolute atomic E-state index is 5.57. The van der Waals surface area contributed by atoms with E-state index in [1.807, 2.05) is 0 Å². The highest BCUT2D eigenvalue weighted by Gasteiger charge is 2.33. The monoisotopic (exact) mass is 231 g/mol. The van der Waals surface area contributed by atoms with Crippen molar-refractivity contribution in [3.8, 4) is 5.75 Å². The van der Waals surface area contributed by atoms with Crippen LogP contribution in [0.3, 0.4) is 0 Å². The molecule has 0 spiro atoms. The van der Waals surface area contributed by atoms with Crippen LogP contribution in [0.4, 0.5) is 0 Å². The fourth-order valence-corrected chi connectivity index (χ4v) is 3.48. The molecule has 3 rings (SSSR count). The quantitative estimate of drug-likeness (QED) is 0.845. The van der Waals surface area contributed by atoms with Crippen molar-refractivity contribution in [2.75, 3.05) is 13.7 Å². The van der Waals surface area contributed by atoms with E-state index < -0.39 is 0 Å². The third-order valence-electron chi connectivity index (χ3n) is 4.57. The average molecular weight is 231 g/mol. The predicted molar refractivity (Wildman–Crippen MR) is 69.6 cm³/mol. The summed E-state index contributed by atoms with van der Waals surface area (Å²) in [6.45, 7) is 3.24. The first-order valence-electron chi connectivity index (χ1n) is 6.72. The van der Waals surface area contributed by atoms with Crippen molar-refractivity contribution in [3.05, 3.63) is 29.3 Å². The van der Waals surface area contributed by atoms with Crippen LogP contribution in [-0.2, 0) is 6.42 Å². The Morgan fingerprint density at radius 1 is 1.29 bits per heavy atom. The molecule has 2 heteroatoms. The van der Waals surface area contributed by atoms with Gasteiger partial charge in [-0.25, -0.2) is 0 Å². The second-order valence-corrected chi connectivity index (χ2v) is 5.40. The minimum absolute atomic E-state index is 0.685. The second-order valence-electron chi connectivity index (χ2n) is 5.40. The first-order chi connectivity index (χ1) is 8.29. The molecule has 1 heterocycles. The van der Waals surface area contributed by atoms with E-state index in [4.69, 9.17) is 4.74 Å². The van der Waals surface area contributed by atoms with Gasteiger partial charge in [-0.05, 0) is 48.9 Å². The Bertz CT molecular complexity index is 415. The molecule has 0 amide bonds. The molecule has 1 aliphatic carbocycles. The van der Waals surface area contributed by atoms with Crippen molar-refractivity contribution in [2.24, 2.45) is 5.92 Å². The third kappa shape index (κ3) is 1.85. The highest BCUT2D eigenvalue weighted by molar-refractivity contribution is 5.41. The average Bonchev–Trinajstić information content (AvgIpc) is 2.94. The number of hydrogen-bond donors (Lipinski definition) is 1. The summed E-state index contributed by atoms with van der Waals surface area (Å²) in [6, 6.07) is 7.49. The van der Waals surface area contributed by atoms with Crippen molar-refractivity contribution in [1.82, 2.24) is 5.32 Å². The van der Waals surface area contributed by atoms with Gasteiger partial charge in [-0.3, -0.25) is 0 Å². The van der Waals surface area contributed by atoms with Crippen molar-refractivity contribution in [3.63, 3.8) is 0 Å². The summed E-state index contributed by atoms with van der Waals surface area (Å²) >= 11 is 0. The summed E-state index contributed by atoms with van der Waals surface area (Å²) in [7, 11) is 2.08. The minimum Gasteiger partial charge on any atom is -0.493 e. The highest BCUT2D eigenvalue weighted by Crippen LogP contribution is 2.41. The molecule has 1 aromatic rings. The molecular formula is C15H21NO. The maximum Gasteiger partial charge on any atom is 0.122 e. The lowest BCUT2D eigenvalue weighted by molar-refractivity contribution is 0.356. The van der Waals surface area contributed by atoms with Crippen LogP contribution >= 0.6 is 0 Å². The summed E-state index contributed by atoms with van der Waals surface area (Å²) < 4.78 is 5.57. The van der Waals surface area contributed by atoms with Gasteiger partial charge >= 0.3 is 0 Å². The molecule has 2 aliphatic rings. The van der Waals surface area contributed by atoms with Gasteiger partial charge in [-0.15, -0.1) is 0 Å². The van der Waals surface area contributed by atoms with Gasteiger partial charge in [0.25, 0.3) is 0 Å². The van der Waals surface area contributed by atoms with Crippen LogP contribution in [0.15, 0.2) is 18.2 Å². The summed E-state index contributed by atoms with van der Waals surface area (Å²) in [5, 5.41) is 3.44. The van der Waals surface area contributed by atoms with Gasteiger partial charge in [0, 0.05) is 12.5 Å². The zero-order chi connectivity index (χ0) is 11.8. The molecule has 3 unspecified atom stereocenters. The summed E-state index contributed by atoms with van der Waals surface area (Å²) in [4.78, 5) is 0. The standard InChI is InChI=1S/C15H21NO/c1-10-13(4-5-14(10)16-2)11-3-6-15-12(9-11)7-8-17-15/h3,6,9-10,13-14,16H,4-5,7-8H2,1-2H3. The fraction of sp³-hybridized carbons (Fsp3) is 0.600. The lowest BCUT2D eigenvalue weighted by Crippen LogP contribution is -2.28.